The predicted octanol–water partition coefficient (Wildman–Crippen LogP) is 4.98. The fraction of sp³-hybridized carbons (Fsp3) is 0. The van der Waals surface area contributed by atoms with E-state index in [0.717, 1.165) is 16.3 Å². The molecule has 0 saturated heterocycles. The monoisotopic (exact) mass is 280 g/mol. The highest BCUT2D eigenvalue weighted by Gasteiger charge is 2.04. The Hall–Kier alpha value is -3.36. The van der Waals surface area contributed by atoms with E-state index in [1.165, 1.54) is 16.8 Å². The average molecular weight is 280 g/mol. The van der Waals surface area contributed by atoms with Crippen molar-refractivity contribution in [1.29, 1.82) is 10.5 Å². The van der Waals surface area contributed by atoms with Crippen molar-refractivity contribution in [3.8, 4) is 12.1 Å². The van der Waals surface area contributed by atoms with Crippen LogP contribution in [0.2, 0.25) is 0 Å². The van der Waals surface area contributed by atoms with Crippen LogP contribution in [0.5, 0.6) is 0 Å². The van der Waals surface area contributed by atoms with Gasteiger partial charge in [-0.3, -0.25) is 0 Å². The van der Waals surface area contributed by atoms with Crippen LogP contribution in [0, 0.1) is 22.7 Å². The van der Waals surface area contributed by atoms with Crippen molar-refractivity contribution in [3.63, 3.8) is 0 Å². The van der Waals surface area contributed by atoms with E-state index < -0.39 is 0 Å². The normalized spacial score (nSPS) is 10.5. The molecule has 0 heterocycles. The van der Waals surface area contributed by atoms with Gasteiger partial charge in [0.25, 0.3) is 0 Å². The number of hydrogen-bond acceptors (Lipinski definition) is 2. The van der Waals surface area contributed by atoms with Gasteiger partial charge < -0.3 is 0 Å². The molecule has 0 aliphatic rings. The standard InChI is InChI=1S/C20H12N2/c21-13-15(14-22)6-5-11-20-18-9-3-1-7-16(18)12-17-8-2-4-10-19(17)20/h1-12H. The third-order valence-corrected chi connectivity index (χ3v) is 3.58. The SMILES string of the molecule is N#CC(C#N)=CC=Cc1c2ccccc2cc2ccccc12. The van der Waals surface area contributed by atoms with Crippen molar-refractivity contribution in [1.82, 2.24) is 0 Å². The number of rotatable bonds is 2. The molecule has 2 nitrogen and oxygen atoms in total. The van der Waals surface area contributed by atoms with Gasteiger partial charge in [-0.15, -0.1) is 0 Å². The number of benzene rings is 3. The molecule has 0 saturated carbocycles. The van der Waals surface area contributed by atoms with Crippen molar-refractivity contribution in [2.24, 2.45) is 0 Å². The molecular weight excluding hydrogens is 268 g/mol. The molecule has 0 amide bonds. The zero-order valence-corrected chi connectivity index (χ0v) is 11.8. The second kappa shape index (κ2) is 5.95. The maximum atomic E-state index is 8.79. The third kappa shape index (κ3) is 2.46. The summed E-state index contributed by atoms with van der Waals surface area (Å²) in [5.41, 5.74) is 1.20. The molecule has 0 aromatic heterocycles. The van der Waals surface area contributed by atoms with Crippen LogP contribution in [0.15, 0.2) is 72.3 Å². The minimum atomic E-state index is 0.0980. The van der Waals surface area contributed by atoms with Crippen LogP contribution >= 0.6 is 0 Å². The minimum absolute atomic E-state index is 0.0980. The Labute approximate surface area is 128 Å². The Kier molecular flexibility index (Phi) is 3.69. The number of allylic oxidation sites excluding steroid dienone is 3. The Morgan fingerprint density at radius 2 is 1.36 bits per heavy atom. The van der Waals surface area contributed by atoms with Crippen LogP contribution in [0.1, 0.15) is 5.56 Å². The predicted molar refractivity (Wildman–Crippen MR) is 89.8 cm³/mol. The fourth-order valence-electron chi connectivity index (χ4n) is 2.57. The van der Waals surface area contributed by atoms with E-state index in [9.17, 15) is 0 Å². The molecule has 0 N–H and O–H groups in total. The molecule has 3 aromatic carbocycles. The Balaban J connectivity index is 2.26. The summed E-state index contributed by atoms with van der Waals surface area (Å²) < 4.78 is 0. The molecule has 0 aliphatic heterocycles. The first-order valence-electron chi connectivity index (χ1n) is 6.92. The summed E-state index contributed by atoms with van der Waals surface area (Å²) >= 11 is 0. The van der Waals surface area contributed by atoms with E-state index >= 15 is 0 Å². The van der Waals surface area contributed by atoms with Gasteiger partial charge in [-0.2, -0.15) is 10.5 Å². The summed E-state index contributed by atoms with van der Waals surface area (Å²) in [6.45, 7) is 0. The second-order valence-electron chi connectivity index (χ2n) is 4.90. The first-order valence-corrected chi connectivity index (χ1v) is 6.92. The number of fused-ring (bicyclic) bond motifs is 2. The second-order valence-corrected chi connectivity index (χ2v) is 4.90. The van der Waals surface area contributed by atoms with Crippen molar-refractivity contribution >= 4 is 27.6 Å². The summed E-state index contributed by atoms with van der Waals surface area (Å²) in [5, 5.41) is 22.2. The van der Waals surface area contributed by atoms with Gasteiger partial charge in [-0.05, 0) is 39.3 Å². The lowest BCUT2D eigenvalue weighted by Gasteiger charge is -2.08. The van der Waals surface area contributed by atoms with E-state index in [0.29, 0.717) is 0 Å². The molecule has 3 aromatic rings. The van der Waals surface area contributed by atoms with E-state index in [1.807, 2.05) is 42.5 Å². The highest BCUT2D eigenvalue weighted by atomic mass is 14.3. The van der Waals surface area contributed by atoms with Gasteiger partial charge in [0, 0.05) is 0 Å². The summed E-state index contributed by atoms with van der Waals surface area (Å²) in [5.74, 6) is 0. The van der Waals surface area contributed by atoms with Gasteiger partial charge in [-0.25, -0.2) is 0 Å². The van der Waals surface area contributed by atoms with E-state index in [-0.39, 0.29) is 5.57 Å². The molecule has 0 spiro atoms. The summed E-state index contributed by atoms with van der Waals surface area (Å²) in [6.07, 6.45) is 5.26. The van der Waals surface area contributed by atoms with Crippen molar-refractivity contribution < 1.29 is 0 Å². The van der Waals surface area contributed by atoms with E-state index in [1.54, 1.807) is 6.08 Å². The molecule has 0 bridgehead atoms. The fourth-order valence-corrected chi connectivity index (χ4v) is 2.57. The average Bonchev–Trinajstić information content (AvgIpc) is 2.58. The molecule has 22 heavy (non-hydrogen) atoms. The van der Waals surface area contributed by atoms with Crippen molar-refractivity contribution in [2.75, 3.05) is 0 Å². The Bertz CT molecular complexity index is 926. The first kappa shape index (κ1) is 13.6. The molecule has 0 aliphatic carbocycles. The maximum absolute atomic E-state index is 8.79. The Morgan fingerprint density at radius 3 is 1.91 bits per heavy atom. The molecule has 0 atom stereocenters. The third-order valence-electron chi connectivity index (χ3n) is 3.58. The van der Waals surface area contributed by atoms with Crippen molar-refractivity contribution in [3.05, 3.63) is 77.9 Å². The first-order chi connectivity index (χ1) is 10.8. The zero-order valence-electron chi connectivity index (χ0n) is 11.8. The molecule has 3 rings (SSSR count). The lowest BCUT2D eigenvalue weighted by molar-refractivity contribution is 1.46. The quantitative estimate of drug-likeness (QED) is 0.377. The van der Waals surface area contributed by atoms with Crippen molar-refractivity contribution in [2.45, 2.75) is 0 Å². The maximum Gasteiger partial charge on any atom is 0.129 e. The lowest BCUT2D eigenvalue weighted by atomic mass is 9.96. The molecular formula is C20H12N2. The molecule has 0 radical (unpaired) electrons. The highest BCUT2D eigenvalue weighted by Crippen LogP contribution is 2.29. The smallest absolute Gasteiger partial charge is 0.129 e. The topological polar surface area (TPSA) is 47.6 Å². The number of hydrogen-bond donors (Lipinski definition) is 0. The van der Waals surface area contributed by atoms with Gasteiger partial charge in [0.2, 0.25) is 0 Å². The van der Waals surface area contributed by atoms with Crippen LogP contribution in [0.4, 0.5) is 0 Å². The molecule has 2 heteroatoms. The largest absolute Gasteiger partial charge is 0.192 e. The molecule has 0 fully saturated rings. The van der Waals surface area contributed by atoms with Gasteiger partial charge in [0.1, 0.15) is 17.7 Å². The Morgan fingerprint density at radius 1 is 0.818 bits per heavy atom. The molecule has 0 unspecified atom stereocenters. The van der Waals surface area contributed by atoms with Gasteiger partial charge >= 0.3 is 0 Å². The number of nitriles is 2. The van der Waals surface area contributed by atoms with E-state index in [4.69, 9.17) is 10.5 Å². The van der Waals surface area contributed by atoms with Crippen LogP contribution in [-0.4, -0.2) is 0 Å². The summed E-state index contributed by atoms with van der Waals surface area (Å²) in [4.78, 5) is 0. The summed E-state index contributed by atoms with van der Waals surface area (Å²) in [6, 6.07) is 22.3. The van der Waals surface area contributed by atoms with Crippen LogP contribution < -0.4 is 0 Å². The number of nitrogens with zero attached hydrogens (tertiary/aromatic N) is 2. The lowest BCUT2D eigenvalue weighted by Crippen LogP contribution is -1.83. The van der Waals surface area contributed by atoms with Gasteiger partial charge in [-0.1, -0.05) is 60.7 Å². The van der Waals surface area contributed by atoms with E-state index in [2.05, 4.69) is 30.3 Å². The zero-order chi connectivity index (χ0) is 15.4. The van der Waals surface area contributed by atoms with Crippen LogP contribution in [-0.2, 0) is 0 Å². The van der Waals surface area contributed by atoms with Gasteiger partial charge in [0.05, 0.1) is 0 Å². The van der Waals surface area contributed by atoms with Crippen LogP contribution in [0.25, 0.3) is 27.6 Å². The minimum Gasteiger partial charge on any atom is -0.192 e. The van der Waals surface area contributed by atoms with Crippen LogP contribution in [0.3, 0.4) is 0 Å². The van der Waals surface area contributed by atoms with Gasteiger partial charge in [0.15, 0.2) is 0 Å². The summed E-state index contributed by atoms with van der Waals surface area (Å²) in [7, 11) is 0. The highest BCUT2D eigenvalue weighted by molar-refractivity contribution is 6.06. The molecule has 102 valence electrons.